The molecule has 0 aliphatic heterocycles. The molecule has 1 N–H and O–H groups in total. The molecule has 0 aliphatic carbocycles. The van der Waals surface area contributed by atoms with Crippen molar-refractivity contribution < 1.29 is 9.52 Å². The van der Waals surface area contributed by atoms with Crippen LogP contribution in [-0.2, 0) is 6.42 Å². The predicted octanol–water partition coefficient (Wildman–Crippen LogP) is 3.76. The number of furan rings is 1. The summed E-state index contributed by atoms with van der Waals surface area (Å²) in [5, 5.41) is 11.7. The molecular weight excluding hydrogens is 262 g/mol. The van der Waals surface area contributed by atoms with Crippen LogP contribution < -0.4 is 0 Å². The number of pyridine rings is 1. The van der Waals surface area contributed by atoms with Gasteiger partial charge in [0.15, 0.2) is 0 Å². The van der Waals surface area contributed by atoms with Crippen LogP contribution in [0.1, 0.15) is 17.4 Å². The molecule has 0 amide bonds. The van der Waals surface area contributed by atoms with Gasteiger partial charge in [-0.2, -0.15) is 0 Å². The van der Waals surface area contributed by atoms with Crippen LogP contribution in [0.5, 0.6) is 0 Å². The fourth-order valence-electron chi connectivity index (χ4n) is 2.04. The van der Waals surface area contributed by atoms with Gasteiger partial charge < -0.3 is 9.52 Å². The number of rotatable bonds is 3. The third-order valence-corrected chi connectivity index (χ3v) is 3.21. The minimum atomic E-state index is -0.685. The molecule has 3 aromatic rings. The second-order valence-corrected chi connectivity index (χ2v) is 4.85. The van der Waals surface area contributed by atoms with E-state index in [0.717, 1.165) is 16.5 Å². The van der Waals surface area contributed by atoms with Gasteiger partial charge in [0.2, 0.25) is 0 Å². The van der Waals surface area contributed by atoms with Crippen molar-refractivity contribution in [2.75, 3.05) is 0 Å². The summed E-state index contributed by atoms with van der Waals surface area (Å²) in [6.45, 7) is 0. The lowest BCUT2D eigenvalue weighted by molar-refractivity contribution is 0.152. The van der Waals surface area contributed by atoms with Crippen LogP contribution in [0.4, 0.5) is 0 Å². The number of aromatic nitrogens is 1. The fourth-order valence-corrected chi connectivity index (χ4v) is 2.22. The van der Waals surface area contributed by atoms with Crippen molar-refractivity contribution in [1.82, 2.24) is 4.98 Å². The van der Waals surface area contributed by atoms with Crippen molar-refractivity contribution in [1.29, 1.82) is 0 Å². The van der Waals surface area contributed by atoms with Crippen LogP contribution in [0.25, 0.3) is 11.0 Å². The predicted molar refractivity (Wildman–Crippen MR) is 74.1 cm³/mol. The van der Waals surface area contributed by atoms with Crippen molar-refractivity contribution in [2.24, 2.45) is 0 Å². The molecule has 0 aliphatic rings. The number of hydrogen-bond donors (Lipinski definition) is 1. The Morgan fingerprint density at radius 1 is 1.26 bits per heavy atom. The third-order valence-electron chi connectivity index (χ3n) is 2.98. The van der Waals surface area contributed by atoms with Gasteiger partial charge >= 0.3 is 0 Å². The average molecular weight is 274 g/mol. The Morgan fingerprint density at radius 2 is 2.16 bits per heavy atom. The van der Waals surface area contributed by atoms with Crippen LogP contribution in [0.3, 0.4) is 0 Å². The Labute approximate surface area is 115 Å². The van der Waals surface area contributed by atoms with Crippen LogP contribution >= 0.6 is 11.6 Å². The van der Waals surface area contributed by atoms with Crippen molar-refractivity contribution in [3.63, 3.8) is 0 Å². The molecule has 1 unspecified atom stereocenters. The van der Waals surface area contributed by atoms with Gasteiger partial charge in [0.1, 0.15) is 17.4 Å². The monoisotopic (exact) mass is 273 g/mol. The van der Waals surface area contributed by atoms with Crippen LogP contribution in [0, 0.1) is 0 Å². The molecule has 1 atom stereocenters. The maximum absolute atomic E-state index is 10.2. The third kappa shape index (κ3) is 2.62. The van der Waals surface area contributed by atoms with Gasteiger partial charge in [-0.15, -0.1) is 0 Å². The summed E-state index contributed by atoms with van der Waals surface area (Å²) in [7, 11) is 0. The van der Waals surface area contributed by atoms with Crippen molar-refractivity contribution >= 4 is 22.6 Å². The second-order valence-electron chi connectivity index (χ2n) is 4.41. The van der Waals surface area contributed by atoms with Gasteiger partial charge in [0.05, 0.1) is 0 Å². The Hall–Kier alpha value is -1.84. The number of aliphatic hydroxyl groups is 1. The van der Waals surface area contributed by atoms with Crippen molar-refractivity contribution in [3.8, 4) is 0 Å². The Kier molecular flexibility index (Phi) is 3.23. The first-order valence-electron chi connectivity index (χ1n) is 5.98. The molecule has 4 heteroatoms. The summed E-state index contributed by atoms with van der Waals surface area (Å²) >= 11 is 5.92. The number of halogens is 1. The first kappa shape index (κ1) is 12.2. The summed E-state index contributed by atoms with van der Waals surface area (Å²) in [4.78, 5) is 4.03. The topological polar surface area (TPSA) is 46.3 Å². The zero-order chi connectivity index (χ0) is 13.2. The van der Waals surface area contributed by atoms with E-state index in [2.05, 4.69) is 4.98 Å². The van der Waals surface area contributed by atoms with Gasteiger partial charge in [-0.05, 0) is 35.9 Å². The molecule has 3 nitrogen and oxygen atoms in total. The molecule has 19 heavy (non-hydrogen) atoms. The smallest absolute Gasteiger partial charge is 0.134 e. The zero-order valence-corrected chi connectivity index (χ0v) is 10.8. The lowest BCUT2D eigenvalue weighted by Crippen LogP contribution is -2.00. The van der Waals surface area contributed by atoms with Crippen molar-refractivity contribution in [3.05, 3.63) is 65.1 Å². The number of fused-ring (bicyclic) bond motifs is 1. The Bertz CT molecular complexity index is 694. The normalized spacial score (nSPS) is 12.7. The van der Waals surface area contributed by atoms with Crippen LogP contribution in [-0.4, -0.2) is 10.1 Å². The molecule has 0 saturated carbocycles. The highest BCUT2D eigenvalue weighted by molar-refractivity contribution is 6.31. The second kappa shape index (κ2) is 5.03. The van der Waals surface area contributed by atoms with E-state index in [1.807, 2.05) is 24.3 Å². The zero-order valence-electron chi connectivity index (χ0n) is 10.1. The summed E-state index contributed by atoms with van der Waals surface area (Å²) in [5.41, 5.74) is 1.69. The Balaban J connectivity index is 1.87. The van der Waals surface area contributed by atoms with Crippen molar-refractivity contribution in [2.45, 2.75) is 12.5 Å². The van der Waals surface area contributed by atoms with Gasteiger partial charge in [-0.1, -0.05) is 17.7 Å². The SMILES string of the molecule is OC(Cc1cccnc1)c1cc2cc(Cl)ccc2o1. The van der Waals surface area contributed by atoms with E-state index in [-0.39, 0.29) is 0 Å². The molecule has 1 aromatic carbocycles. The molecule has 0 fully saturated rings. The summed E-state index contributed by atoms with van der Waals surface area (Å²) < 4.78 is 5.63. The van der Waals surface area contributed by atoms with Gasteiger partial charge in [-0.25, -0.2) is 0 Å². The Morgan fingerprint density at radius 3 is 2.95 bits per heavy atom. The molecular formula is C15H12ClNO2. The van der Waals surface area contributed by atoms with E-state index in [4.69, 9.17) is 16.0 Å². The minimum Gasteiger partial charge on any atom is -0.458 e. The van der Waals surface area contributed by atoms with Crippen LogP contribution in [0.15, 0.2) is 53.2 Å². The molecule has 0 radical (unpaired) electrons. The van der Waals surface area contributed by atoms with E-state index >= 15 is 0 Å². The molecule has 0 saturated heterocycles. The molecule has 0 spiro atoms. The van der Waals surface area contributed by atoms with Crippen LogP contribution in [0.2, 0.25) is 5.02 Å². The lowest BCUT2D eigenvalue weighted by atomic mass is 10.1. The maximum Gasteiger partial charge on any atom is 0.134 e. The number of nitrogens with zero attached hydrogens (tertiary/aromatic N) is 1. The summed E-state index contributed by atoms with van der Waals surface area (Å²) in [6, 6.07) is 11.0. The molecule has 0 bridgehead atoms. The highest BCUT2D eigenvalue weighted by Gasteiger charge is 2.14. The lowest BCUT2D eigenvalue weighted by Gasteiger charge is -2.06. The van der Waals surface area contributed by atoms with E-state index in [1.165, 1.54) is 0 Å². The summed E-state index contributed by atoms with van der Waals surface area (Å²) in [6.07, 6.45) is 3.24. The quantitative estimate of drug-likeness (QED) is 0.790. The highest BCUT2D eigenvalue weighted by Crippen LogP contribution is 2.27. The molecule has 2 aromatic heterocycles. The molecule has 3 rings (SSSR count). The first-order chi connectivity index (χ1) is 9.22. The molecule has 96 valence electrons. The number of benzene rings is 1. The molecule has 2 heterocycles. The standard InChI is InChI=1S/C15H12ClNO2/c16-12-3-4-14-11(7-12)8-15(19-14)13(18)6-10-2-1-5-17-9-10/h1-5,7-9,13,18H,6H2. The minimum absolute atomic E-state index is 0.474. The number of hydrogen-bond acceptors (Lipinski definition) is 3. The maximum atomic E-state index is 10.2. The van der Waals surface area contributed by atoms with E-state index < -0.39 is 6.10 Å². The van der Waals surface area contributed by atoms with E-state index in [1.54, 1.807) is 24.5 Å². The van der Waals surface area contributed by atoms with E-state index in [0.29, 0.717) is 17.2 Å². The summed E-state index contributed by atoms with van der Waals surface area (Å²) in [5.74, 6) is 0.543. The first-order valence-corrected chi connectivity index (χ1v) is 6.36. The van der Waals surface area contributed by atoms with Gasteiger partial charge in [0.25, 0.3) is 0 Å². The van der Waals surface area contributed by atoms with Gasteiger partial charge in [0, 0.05) is 29.2 Å². The van der Waals surface area contributed by atoms with E-state index in [9.17, 15) is 5.11 Å². The average Bonchev–Trinajstić information content (AvgIpc) is 2.83. The largest absolute Gasteiger partial charge is 0.458 e. The number of aliphatic hydroxyl groups excluding tert-OH is 1. The van der Waals surface area contributed by atoms with Gasteiger partial charge in [-0.3, -0.25) is 4.98 Å². The fraction of sp³-hybridized carbons (Fsp3) is 0.133. The highest BCUT2D eigenvalue weighted by atomic mass is 35.5.